The van der Waals surface area contributed by atoms with Gasteiger partial charge in [0.15, 0.2) is 0 Å². The van der Waals surface area contributed by atoms with E-state index >= 15 is 0 Å². The maximum absolute atomic E-state index is 12.1. The average Bonchev–Trinajstić information content (AvgIpc) is 2.47. The van der Waals surface area contributed by atoms with Gasteiger partial charge in [0.25, 0.3) is 5.91 Å². The van der Waals surface area contributed by atoms with E-state index in [0.29, 0.717) is 22.9 Å². The maximum atomic E-state index is 12.1. The van der Waals surface area contributed by atoms with Crippen LogP contribution in [0.5, 0.6) is 0 Å². The smallest absolute Gasteiger partial charge is 0.251 e. The third-order valence-electron chi connectivity index (χ3n) is 2.93. The first kappa shape index (κ1) is 14.9. The monoisotopic (exact) mass is 307 g/mol. The normalized spacial score (nSPS) is 11.9. The first-order chi connectivity index (χ1) is 9.69. The van der Waals surface area contributed by atoms with E-state index in [-0.39, 0.29) is 11.9 Å². The molecule has 1 unspecified atom stereocenters. The van der Waals surface area contributed by atoms with Crippen molar-refractivity contribution in [2.75, 3.05) is 5.88 Å². The van der Waals surface area contributed by atoms with Crippen LogP contribution in [0.15, 0.2) is 54.6 Å². The zero-order valence-corrected chi connectivity index (χ0v) is 12.4. The fourth-order valence-electron chi connectivity index (χ4n) is 1.94. The second-order valence-corrected chi connectivity index (χ2v) is 5.27. The fourth-order valence-corrected chi connectivity index (χ4v) is 2.32. The van der Waals surface area contributed by atoms with Gasteiger partial charge in [-0.15, -0.1) is 11.6 Å². The van der Waals surface area contributed by atoms with Gasteiger partial charge in [0.1, 0.15) is 0 Å². The molecule has 0 heterocycles. The topological polar surface area (TPSA) is 29.1 Å². The van der Waals surface area contributed by atoms with Crippen LogP contribution in [0, 0.1) is 0 Å². The Hall–Kier alpha value is -1.51. The lowest BCUT2D eigenvalue weighted by molar-refractivity contribution is 0.0940. The van der Waals surface area contributed by atoms with Crippen LogP contribution in [-0.4, -0.2) is 17.8 Å². The van der Waals surface area contributed by atoms with Gasteiger partial charge in [-0.25, -0.2) is 0 Å². The highest BCUT2D eigenvalue weighted by Crippen LogP contribution is 2.11. The van der Waals surface area contributed by atoms with Gasteiger partial charge < -0.3 is 5.32 Å². The molecule has 2 aromatic rings. The van der Waals surface area contributed by atoms with Crippen LogP contribution in [0.2, 0.25) is 5.02 Å². The third kappa shape index (κ3) is 4.26. The predicted octanol–water partition coefficient (Wildman–Crippen LogP) is 3.92. The molecule has 0 bridgehead atoms. The van der Waals surface area contributed by atoms with Gasteiger partial charge in [-0.3, -0.25) is 4.79 Å². The zero-order valence-electron chi connectivity index (χ0n) is 10.9. The van der Waals surface area contributed by atoms with Gasteiger partial charge in [0, 0.05) is 22.5 Å². The van der Waals surface area contributed by atoms with E-state index in [1.807, 2.05) is 30.3 Å². The Morgan fingerprint density at radius 2 is 1.85 bits per heavy atom. The summed E-state index contributed by atoms with van der Waals surface area (Å²) < 4.78 is 0. The van der Waals surface area contributed by atoms with Gasteiger partial charge in [-0.05, 0) is 30.2 Å². The Balaban J connectivity index is 2.01. The molecular formula is C16H15Cl2NO. The fraction of sp³-hybridized carbons (Fsp3) is 0.188. The highest BCUT2D eigenvalue weighted by atomic mass is 35.5. The van der Waals surface area contributed by atoms with Crippen molar-refractivity contribution in [1.29, 1.82) is 0 Å². The van der Waals surface area contributed by atoms with Crippen molar-refractivity contribution in [2.24, 2.45) is 0 Å². The molecule has 1 amide bonds. The largest absolute Gasteiger partial charge is 0.348 e. The van der Waals surface area contributed by atoms with E-state index < -0.39 is 0 Å². The lowest BCUT2D eigenvalue weighted by Gasteiger charge is -2.16. The second-order valence-electron chi connectivity index (χ2n) is 4.52. The molecule has 0 radical (unpaired) electrons. The molecule has 2 rings (SSSR count). The summed E-state index contributed by atoms with van der Waals surface area (Å²) in [4.78, 5) is 12.1. The minimum Gasteiger partial charge on any atom is -0.348 e. The van der Waals surface area contributed by atoms with Crippen LogP contribution in [0.1, 0.15) is 15.9 Å². The summed E-state index contributed by atoms with van der Waals surface area (Å²) in [5.74, 6) is 0.204. The van der Waals surface area contributed by atoms with Gasteiger partial charge in [0.05, 0.1) is 0 Å². The van der Waals surface area contributed by atoms with E-state index in [1.54, 1.807) is 24.3 Å². The number of alkyl halides is 1. The molecule has 0 aliphatic rings. The SMILES string of the molecule is O=C(NC(CCl)Cc1ccccc1)c1cccc(Cl)c1. The molecule has 0 fully saturated rings. The summed E-state index contributed by atoms with van der Waals surface area (Å²) in [6, 6.07) is 16.7. The number of hydrogen-bond donors (Lipinski definition) is 1. The molecule has 0 aliphatic carbocycles. The number of carbonyl (C=O) groups is 1. The minimum absolute atomic E-state index is 0.106. The molecule has 0 aliphatic heterocycles. The summed E-state index contributed by atoms with van der Waals surface area (Å²) >= 11 is 11.8. The molecule has 0 saturated heterocycles. The van der Waals surface area contributed by atoms with Crippen molar-refractivity contribution >= 4 is 29.1 Å². The van der Waals surface area contributed by atoms with E-state index in [1.165, 1.54) is 0 Å². The van der Waals surface area contributed by atoms with Crippen LogP contribution < -0.4 is 5.32 Å². The number of halogens is 2. The molecular weight excluding hydrogens is 293 g/mol. The highest BCUT2D eigenvalue weighted by molar-refractivity contribution is 6.31. The van der Waals surface area contributed by atoms with Crippen LogP contribution in [0.4, 0.5) is 0 Å². The van der Waals surface area contributed by atoms with Crippen molar-refractivity contribution in [3.05, 3.63) is 70.7 Å². The van der Waals surface area contributed by atoms with Crippen LogP contribution in [-0.2, 0) is 6.42 Å². The third-order valence-corrected chi connectivity index (χ3v) is 3.54. The van der Waals surface area contributed by atoms with E-state index in [0.717, 1.165) is 5.56 Å². The minimum atomic E-state index is -0.158. The Bertz CT molecular complexity index is 572. The molecule has 1 atom stereocenters. The van der Waals surface area contributed by atoms with Gasteiger partial charge in [-0.2, -0.15) is 0 Å². The predicted molar refractivity (Wildman–Crippen MR) is 83.6 cm³/mol. The molecule has 0 aromatic heterocycles. The molecule has 1 N–H and O–H groups in total. The number of carbonyl (C=O) groups excluding carboxylic acids is 1. The van der Waals surface area contributed by atoms with Crippen molar-refractivity contribution in [2.45, 2.75) is 12.5 Å². The number of rotatable bonds is 5. The quantitative estimate of drug-likeness (QED) is 0.833. The standard InChI is InChI=1S/C16H15Cl2NO/c17-11-15(9-12-5-2-1-3-6-12)19-16(20)13-7-4-8-14(18)10-13/h1-8,10,15H,9,11H2,(H,19,20). The van der Waals surface area contributed by atoms with Crippen molar-refractivity contribution < 1.29 is 4.79 Å². The summed E-state index contributed by atoms with van der Waals surface area (Å²) in [6.07, 6.45) is 0.705. The zero-order chi connectivity index (χ0) is 14.4. The Morgan fingerprint density at radius 1 is 1.10 bits per heavy atom. The number of nitrogens with one attached hydrogen (secondary N) is 1. The van der Waals surface area contributed by atoms with E-state index in [9.17, 15) is 4.79 Å². The number of amides is 1. The van der Waals surface area contributed by atoms with Gasteiger partial charge in [-0.1, -0.05) is 48.0 Å². The van der Waals surface area contributed by atoms with E-state index in [4.69, 9.17) is 23.2 Å². The maximum Gasteiger partial charge on any atom is 0.251 e. The molecule has 0 saturated carbocycles. The Morgan fingerprint density at radius 3 is 2.50 bits per heavy atom. The van der Waals surface area contributed by atoms with Crippen molar-refractivity contribution in [1.82, 2.24) is 5.32 Å². The Kier molecular flexibility index (Phi) is 5.45. The average molecular weight is 308 g/mol. The summed E-state index contributed by atoms with van der Waals surface area (Å²) in [6.45, 7) is 0. The summed E-state index contributed by atoms with van der Waals surface area (Å²) in [5.41, 5.74) is 1.69. The Labute approximate surface area is 128 Å². The number of hydrogen-bond acceptors (Lipinski definition) is 1. The van der Waals surface area contributed by atoms with Crippen LogP contribution >= 0.6 is 23.2 Å². The molecule has 2 nitrogen and oxygen atoms in total. The summed E-state index contributed by atoms with van der Waals surface area (Å²) in [5, 5.41) is 3.47. The van der Waals surface area contributed by atoms with E-state index in [2.05, 4.69) is 5.32 Å². The van der Waals surface area contributed by atoms with Crippen LogP contribution in [0.3, 0.4) is 0 Å². The lowest BCUT2D eigenvalue weighted by Crippen LogP contribution is -2.37. The molecule has 20 heavy (non-hydrogen) atoms. The lowest BCUT2D eigenvalue weighted by atomic mass is 10.1. The summed E-state index contributed by atoms with van der Waals surface area (Å²) in [7, 11) is 0. The molecule has 4 heteroatoms. The van der Waals surface area contributed by atoms with Crippen LogP contribution in [0.25, 0.3) is 0 Å². The molecule has 0 spiro atoms. The first-order valence-electron chi connectivity index (χ1n) is 6.35. The van der Waals surface area contributed by atoms with Crippen molar-refractivity contribution in [3.8, 4) is 0 Å². The second kappa shape index (κ2) is 7.32. The van der Waals surface area contributed by atoms with Crippen molar-refractivity contribution in [3.63, 3.8) is 0 Å². The number of benzene rings is 2. The highest BCUT2D eigenvalue weighted by Gasteiger charge is 2.13. The molecule has 2 aromatic carbocycles. The van der Waals surface area contributed by atoms with Gasteiger partial charge >= 0.3 is 0 Å². The molecule has 104 valence electrons. The van der Waals surface area contributed by atoms with Gasteiger partial charge in [0.2, 0.25) is 0 Å². The first-order valence-corrected chi connectivity index (χ1v) is 7.26.